The van der Waals surface area contributed by atoms with Crippen molar-refractivity contribution >= 4 is 5.78 Å². The van der Waals surface area contributed by atoms with Gasteiger partial charge in [0, 0.05) is 12.8 Å². The van der Waals surface area contributed by atoms with E-state index >= 15 is 0 Å². The topological polar surface area (TPSA) is 17.1 Å². The van der Waals surface area contributed by atoms with Crippen LogP contribution in [0.5, 0.6) is 0 Å². The first kappa shape index (κ1) is 19.9. The van der Waals surface area contributed by atoms with Gasteiger partial charge in [0.15, 0.2) is 0 Å². The summed E-state index contributed by atoms with van der Waals surface area (Å²) in [5.41, 5.74) is 1.28. The molecule has 0 aliphatic rings. The molecule has 0 heterocycles. The maximum atomic E-state index is 11.9. The first-order valence-corrected chi connectivity index (χ1v) is 9.88. The SMILES string of the molecule is CCCCCCCCCCCCCC(=O)CCc1ccccc1. The summed E-state index contributed by atoms with van der Waals surface area (Å²) in [7, 11) is 0. The van der Waals surface area contributed by atoms with Crippen LogP contribution < -0.4 is 0 Å². The van der Waals surface area contributed by atoms with Gasteiger partial charge in [0.2, 0.25) is 0 Å². The van der Waals surface area contributed by atoms with Gasteiger partial charge in [-0.3, -0.25) is 4.79 Å². The number of hydrogen-bond donors (Lipinski definition) is 0. The molecule has 0 radical (unpaired) electrons. The third-order valence-corrected chi connectivity index (χ3v) is 4.59. The lowest BCUT2D eigenvalue weighted by atomic mass is 10.0. The fourth-order valence-electron chi connectivity index (χ4n) is 3.04. The van der Waals surface area contributed by atoms with Gasteiger partial charge >= 0.3 is 0 Å². The van der Waals surface area contributed by atoms with Crippen molar-refractivity contribution < 1.29 is 4.79 Å². The smallest absolute Gasteiger partial charge is 0.133 e. The first-order valence-electron chi connectivity index (χ1n) is 9.88. The van der Waals surface area contributed by atoms with Gasteiger partial charge in [0.1, 0.15) is 5.78 Å². The quantitative estimate of drug-likeness (QED) is 0.322. The van der Waals surface area contributed by atoms with Crippen molar-refractivity contribution in [2.75, 3.05) is 0 Å². The molecule has 1 nitrogen and oxygen atoms in total. The average molecular weight is 317 g/mol. The molecule has 1 aromatic rings. The largest absolute Gasteiger partial charge is 0.300 e. The van der Waals surface area contributed by atoms with Crippen LogP contribution in [0, 0.1) is 0 Å². The lowest BCUT2D eigenvalue weighted by Gasteiger charge is -2.03. The van der Waals surface area contributed by atoms with Crippen molar-refractivity contribution in [2.24, 2.45) is 0 Å². The molecular formula is C22H36O. The number of benzene rings is 1. The number of rotatable bonds is 15. The number of hydrogen-bond acceptors (Lipinski definition) is 1. The van der Waals surface area contributed by atoms with Gasteiger partial charge in [0.25, 0.3) is 0 Å². The highest BCUT2D eigenvalue weighted by molar-refractivity contribution is 5.78. The molecule has 1 rings (SSSR count). The molecule has 130 valence electrons. The van der Waals surface area contributed by atoms with E-state index in [1.807, 2.05) is 18.2 Å². The van der Waals surface area contributed by atoms with Crippen molar-refractivity contribution in [3.8, 4) is 0 Å². The van der Waals surface area contributed by atoms with E-state index in [4.69, 9.17) is 0 Å². The fourth-order valence-corrected chi connectivity index (χ4v) is 3.04. The second-order valence-electron chi connectivity index (χ2n) is 6.81. The molecule has 0 N–H and O–H groups in total. The molecule has 0 saturated heterocycles. The van der Waals surface area contributed by atoms with Crippen molar-refractivity contribution in [2.45, 2.75) is 96.8 Å². The average Bonchev–Trinajstić information content (AvgIpc) is 2.59. The monoisotopic (exact) mass is 316 g/mol. The minimum Gasteiger partial charge on any atom is -0.300 e. The molecule has 0 aliphatic heterocycles. The number of ketones is 1. The van der Waals surface area contributed by atoms with Crippen LogP contribution in [0.25, 0.3) is 0 Å². The Bertz CT molecular complexity index is 382. The first-order chi connectivity index (χ1) is 11.3. The number of carbonyl (C=O) groups excluding carboxylic acids is 1. The predicted molar refractivity (Wildman–Crippen MR) is 101 cm³/mol. The molecule has 23 heavy (non-hydrogen) atoms. The second kappa shape index (κ2) is 14.5. The molecule has 1 heteroatoms. The maximum Gasteiger partial charge on any atom is 0.133 e. The van der Waals surface area contributed by atoms with Gasteiger partial charge in [-0.25, -0.2) is 0 Å². The highest BCUT2D eigenvalue weighted by Gasteiger charge is 2.02. The molecule has 0 aliphatic carbocycles. The zero-order chi connectivity index (χ0) is 16.6. The molecular weight excluding hydrogens is 280 g/mol. The standard InChI is InChI=1S/C22H36O/c1-2-3-4-5-6-7-8-9-10-11-15-18-22(23)20-19-21-16-13-12-14-17-21/h12-14,16-17H,2-11,15,18-20H2,1H3. The number of carbonyl (C=O) groups is 1. The van der Waals surface area contributed by atoms with Crippen LogP contribution in [0.2, 0.25) is 0 Å². The van der Waals surface area contributed by atoms with E-state index < -0.39 is 0 Å². The molecule has 0 spiro atoms. The summed E-state index contributed by atoms with van der Waals surface area (Å²) in [4.78, 5) is 11.9. The number of Topliss-reactive ketones (excluding diaryl/α,β-unsaturated/α-hetero) is 1. The number of aryl methyl sites for hydroxylation is 1. The van der Waals surface area contributed by atoms with Crippen molar-refractivity contribution in [1.82, 2.24) is 0 Å². The zero-order valence-electron chi connectivity index (χ0n) is 15.2. The summed E-state index contributed by atoms with van der Waals surface area (Å²) in [6.07, 6.45) is 17.1. The van der Waals surface area contributed by atoms with Crippen molar-refractivity contribution in [3.05, 3.63) is 35.9 Å². The lowest BCUT2D eigenvalue weighted by molar-refractivity contribution is -0.119. The van der Waals surface area contributed by atoms with E-state index in [1.54, 1.807) is 0 Å². The van der Waals surface area contributed by atoms with E-state index in [0.717, 1.165) is 19.3 Å². The predicted octanol–water partition coefficient (Wildman–Crippen LogP) is 6.89. The molecule has 0 fully saturated rings. The van der Waals surface area contributed by atoms with E-state index in [-0.39, 0.29) is 0 Å². The van der Waals surface area contributed by atoms with E-state index in [0.29, 0.717) is 12.2 Å². The van der Waals surface area contributed by atoms with Crippen LogP contribution in [-0.4, -0.2) is 5.78 Å². The van der Waals surface area contributed by atoms with Crippen molar-refractivity contribution in [3.63, 3.8) is 0 Å². The molecule has 0 unspecified atom stereocenters. The van der Waals surface area contributed by atoms with E-state index in [2.05, 4.69) is 19.1 Å². The molecule has 0 saturated carbocycles. The highest BCUT2D eigenvalue weighted by atomic mass is 16.1. The van der Waals surface area contributed by atoms with Gasteiger partial charge < -0.3 is 0 Å². The summed E-state index contributed by atoms with van der Waals surface area (Å²) >= 11 is 0. The molecule has 0 atom stereocenters. The minimum atomic E-state index is 0.435. The highest BCUT2D eigenvalue weighted by Crippen LogP contribution is 2.12. The van der Waals surface area contributed by atoms with Gasteiger partial charge in [-0.1, -0.05) is 101 Å². The van der Waals surface area contributed by atoms with E-state index in [9.17, 15) is 4.79 Å². The lowest BCUT2D eigenvalue weighted by Crippen LogP contribution is -2.00. The normalized spacial score (nSPS) is 10.8. The Kier molecular flexibility index (Phi) is 12.6. The summed E-state index contributed by atoms with van der Waals surface area (Å²) in [6.45, 7) is 2.27. The molecule has 1 aromatic carbocycles. The Hall–Kier alpha value is -1.11. The third kappa shape index (κ3) is 12.0. The Morgan fingerprint density at radius 3 is 1.78 bits per heavy atom. The summed E-state index contributed by atoms with van der Waals surface area (Å²) in [6, 6.07) is 10.3. The summed E-state index contributed by atoms with van der Waals surface area (Å²) < 4.78 is 0. The Morgan fingerprint density at radius 2 is 1.22 bits per heavy atom. The van der Waals surface area contributed by atoms with Crippen LogP contribution in [0.4, 0.5) is 0 Å². The summed E-state index contributed by atoms with van der Waals surface area (Å²) in [5, 5.41) is 0. The Morgan fingerprint density at radius 1 is 0.696 bits per heavy atom. The molecule has 0 bridgehead atoms. The number of unbranched alkanes of at least 4 members (excludes halogenated alkanes) is 10. The molecule has 0 aromatic heterocycles. The van der Waals surface area contributed by atoms with Crippen LogP contribution in [0.15, 0.2) is 30.3 Å². The Balaban J connectivity index is 1.84. The van der Waals surface area contributed by atoms with Gasteiger partial charge in [-0.2, -0.15) is 0 Å². The van der Waals surface area contributed by atoms with Crippen LogP contribution in [0.1, 0.15) is 96.0 Å². The fraction of sp³-hybridized carbons (Fsp3) is 0.682. The maximum absolute atomic E-state index is 11.9. The van der Waals surface area contributed by atoms with E-state index in [1.165, 1.54) is 69.8 Å². The van der Waals surface area contributed by atoms with Crippen LogP contribution in [0.3, 0.4) is 0 Å². The second-order valence-corrected chi connectivity index (χ2v) is 6.81. The van der Waals surface area contributed by atoms with Gasteiger partial charge in [-0.15, -0.1) is 0 Å². The third-order valence-electron chi connectivity index (χ3n) is 4.59. The zero-order valence-corrected chi connectivity index (χ0v) is 15.2. The summed E-state index contributed by atoms with van der Waals surface area (Å²) in [5.74, 6) is 0.435. The molecule has 0 amide bonds. The van der Waals surface area contributed by atoms with Crippen LogP contribution >= 0.6 is 0 Å². The van der Waals surface area contributed by atoms with Crippen LogP contribution in [-0.2, 0) is 11.2 Å². The van der Waals surface area contributed by atoms with Crippen molar-refractivity contribution in [1.29, 1.82) is 0 Å². The van der Waals surface area contributed by atoms with Gasteiger partial charge in [-0.05, 0) is 18.4 Å². The minimum absolute atomic E-state index is 0.435. The van der Waals surface area contributed by atoms with Gasteiger partial charge in [0.05, 0.1) is 0 Å². The Labute approximate surface area is 143 Å².